The fourth-order valence-electron chi connectivity index (χ4n) is 1.38. The van der Waals surface area contributed by atoms with Crippen LogP contribution >= 0.6 is 11.6 Å². The molecule has 0 aliphatic heterocycles. The van der Waals surface area contributed by atoms with E-state index in [4.69, 9.17) is 22.4 Å². The van der Waals surface area contributed by atoms with Crippen LogP contribution < -0.4 is 5.73 Å². The minimum Gasteiger partial charge on any atom is -0.481 e. The molecule has 1 aromatic carbocycles. The van der Waals surface area contributed by atoms with Crippen molar-refractivity contribution >= 4 is 17.6 Å². The molecule has 0 amide bonds. The Labute approximate surface area is 98.0 Å². The second-order valence-electron chi connectivity index (χ2n) is 3.66. The average molecular weight is 246 g/mol. The summed E-state index contributed by atoms with van der Waals surface area (Å²) >= 11 is 5.85. The molecule has 0 heterocycles. The minimum absolute atomic E-state index is 0.0912. The zero-order valence-corrected chi connectivity index (χ0v) is 9.59. The maximum absolute atomic E-state index is 13.5. The summed E-state index contributed by atoms with van der Waals surface area (Å²) in [5.74, 6) is -1.39. The molecule has 1 atom stereocenters. The summed E-state index contributed by atoms with van der Waals surface area (Å²) in [5, 5.41) is 8.93. The summed E-state index contributed by atoms with van der Waals surface area (Å²) < 4.78 is 13.5. The third kappa shape index (κ3) is 3.18. The molecule has 0 bridgehead atoms. The highest BCUT2D eigenvalue weighted by atomic mass is 35.5. The summed E-state index contributed by atoms with van der Waals surface area (Å²) in [6.45, 7) is 1.69. The molecule has 88 valence electrons. The number of aryl methyl sites for hydroxylation is 1. The second kappa shape index (κ2) is 5.27. The van der Waals surface area contributed by atoms with Gasteiger partial charge in [0.1, 0.15) is 5.82 Å². The van der Waals surface area contributed by atoms with E-state index in [2.05, 4.69) is 0 Å². The van der Waals surface area contributed by atoms with Crippen molar-refractivity contribution in [2.75, 3.05) is 0 Å². The Morgan fingerprint density at radius 1 is 1.62 bits per heavy atom. The van der Waals surface area contributed by atoms with Crippen LogP contribution in [0.15, 0.2) is 12.1 Å². The first-order chi connectivity index (χ1) is 7.41. The second-order valence-corrected chi connectivity index (χ2v) is 4.07. The van der Waals surface area contributed by atoms with Crippen LogP contribution in [0.25, 0.3) is 0 Å². The zero-order chi connectivity index (χ0) is 12.3. The quantitative estimate of drug-likeness (QED) is 0.857. The lowest BCUT2D eigenvalue weighted by Crippen LogP contribution is -2.14. The number of rotatable bonds is 4. The van der Waals surface area contributed by atoms with Crippen molar-refractivity contribution in [1.82, 2.24) is 0 Å². The van der Waals surface area contributed by atoms with Crippen molar-refractivity contribution in [3.63, 3.8) is 0 Å². The Bertz CT molecular complexity index is 409. The molecule has 0 saturated heterocycles. The van der Waals surface area contributed by atoms with Crippen molar-refractivity contribution in [1.29, 1.82) is 0 Å². The molecular formula is C11H13ClFNO2. The van der Waals surface area contributed by atoms with Crippen molar-refractivity contribution in [3.8, 4) is 0 Å². The van der Waals surface area contributed by atoms with Gasteiger partial charge in [0.05, 0.1) is 0 Å². The fraction of sp³-hybridized carbons (Fsp3) is 0.364. The highest BCUT2D eigenvalue weighted by Gasteiger charge is 2.14. The summed E-state index contributed by atoms with van der Waals surface area (Å²) in [7, 11) is 0. The predicted octanol–water partition coefficient (Wildman–Crippen LogP) is 2.65. The van der Waals surface area contributed by atoms with Gasteiger partial charge in [-0.05, 0) is 31.0 Å². The average Bonchev–Trinajstić information content (AvgIpc) is 2.20. The molecule has 0 aromatic heterocycles. The topological polar surface area (TPSA) is 63.3 Å². The van der Waals surface area contributed by atoms with Gasteiger partial charge in [-0.25, -0.2) is 4.39 Å². The minimum atomic E-state index is -0.950. The molecular weight excluding hydrogens is 233 g/mol. The van der Waals surface area contributed by atoms with Crippen molar-refractivity contribution in [3.05, 3.63) is 34.1 Å². The van der Waals surface area contributed by atoms with Gasteiger partial charge in [-0.1, -0.05) is 11.6 Å². The molecule has 1 rings (SSSR count). The fourth-order valence-corrected chi connectivity index (χ4v) is 1.55. The molecule has 0 aliphatic carbocycles. The Morgan fingerprint density at radius 3 is 2.81 bits per heavy atom. The van der Waals surface area contributed by atoms with Crippen molar-refractivity contribution < 1.29 is 14.3 Å². The normalized spacial score (nSPS) is 12.5. The van der Waals surface area contributed by atoms with Gasteiger partial charge in [-0.3, -0.25) is 4.79 Å². The van der Waals surface area contributed by atoms with E-state index in [1.54, 1.807) is 6.92 Å². The third-order valence-corrected chi connectivity index (χ3v) is 2.75. The van der Waals surface area contributed by atoms with E-state index in [1.165, 1.54) is 12.1 Å². The molecule has 5 heteroatoms. The standard InChI is InChI=1S/C11H13ClFNO2/c1-6-4-9(13)7(5-8(6)12)10(14)2-3-11(15)16/h4-5,10H,2-3,14H2,1H3,(H,15,16). The lowest BCUT2D eigenvalue weighted by Gasteiger charge is -2.13. The van der Waals surface area contributed by atoms with Crippen LogP contribution in [0.3, 0.4) is 0 Å². The molecule has 3 nitrogen and oxygen atoms in total. The zero-order valence-electron chi connectivity index (χ0n) is 8.84. The number of hydrogen-bond acceptors (Lipinski definition) is 2. The van der Waals surface area contributed by atoms with Gasteiger partial charge >= 0.3 is 5.97 Å². The third-order valence-electron chi connectivity index (χ3n) is 2.35. The van der Waals surface area contributed by atoms with E-state index in [0.717, 1.165) is 0 Å². The molecule has 0 spiro atoms. The number of halogens is 2. The molecule has 0 fully saturated rings. The molecule has 1 unspecified atom stereocenters. The molecule has 1 aromatic rings. The Balaban J connectivity index is 2.86. The van der Waals surface area contributed by atoms with Crippen LogP contribution in [0.1, 0.15) is 30.0 Å². The summed E-state index contributed by atoms with van der Waals surface area (Å²) in [6, 6.07) is 2.12. The maximum Gasteiger partial charge on any atom is 0.303 e. The first-order valence-electron chi connectivity index (χ1n) is 4.84. The Morgan fingerprint density at radius 2 is 2.25 bits per heavy atom. The molecule has 0 aliphatic rings. The lowest BCUT2D eigenvalue weighted by atomic mass is 10.0. The highest BCUT2D eigenvalue weighted by Crippen LogP contribution is 2.25. The Hall–Kier alpha value is -1.13. The van der Waals surface area contributed by atoms with Gasteiger partial charge in [0.25, 0.3) is 0 Å². The first-order valence-corrected chi connectivity index (χ1v) is 5.22. The molecule has 3 N–H and O–H groups in total. The van der Waals surface area contributed by atoms with E-state index in [-0.39, 0.29) is 18.4 Å². The summed E-state index contributed by atoms with van der Waals surface area (Å²) in [4.78, 5) is 10.4. The van der Waals surface area contributed by atoms with E-state index >= 15 is 0 Å². The van der Waals surface area contributed by atoms with E-state index < -0.39 is 17.8 Å². The smallest absolute Gasteiger partial charge is 0.303 e. The molecule has 0 radical (unpaired) electrons. The van der Waals surface area contributed by atoms with Gasteiger partial charge < -0.3 is 10.8 Å². The number of carboxylic acid groups (broad SMARTS) is 1. The van der Waals surface area contributed by atoms with Crippen molar-refractivity contribution in [2.24, 2.45) is 5.73 Å². The first kappa shape index (κ1) is 12.9. The monoisotopic (exact) mass is 245 g/mol. The van der Waals surface area contributed by atoms with Gasteiger partial charge in [-0.2, -0.15) is 0 Å². The van der Waals surface area contributed by atoms with Gasteiger partial charge in [-0.15, -0.1) is 0 Å². The maximum atomic E-state index is 13.5. The number of benzene rings is 1. The van der Waals surface area contributed by atoms with E-state index in [0.29, 0.717) is 10.6 Å². The number of hydrogen-bond donors (Lipinski definition) is 2. The van der Waals surface area contributed by atoms with E-state index in [1.807, 2.05) is 0 Å². The van der Waals surface area contributed by atoms with Gasteiger partial charge in [0.2, 0.25) is 0 Å². The summed E-state index contributed by atoms with van der Waals surface area (Å²) in [5.41, 5.74) is 6.59. The van der Waals surface area contributed by atoms with Gasteiger partial charge in [0, 0.05) is 23.0 Å². The number of nitrogens with two attached hydrogens (primary N) is 1. The number of aliphatic carboxylic acids is 1. The summed E-state index contributed by atoms with van der Waals surface area (Å²) in [6.07, 6.45) is 0.0950. The molecule has 0 saturated carbocycles. The highest BCUT2D eigenvalue weighted by molar-refractivity contribution is 6.31. The number of carbonyl (C=O) groups is 1. The van der Waals surface area contributed by atoms with Crippen molar-refractivity contribution in [2.45, 2.75) is 25.8 Å². The molecule has 16 heavy (non-hydrogen) atoms. The van der Waals surface area contributed by atoms with Crippen LogP contribution in [0.2, 0.25) is 5.02 Å². The van der Waals surface area contributed by atoms with Crippen LogP contribution in [-0.4, -0.2) is 11.1 Å². The van der Waals surface area contributed by atoms with Gasteiger partial charge in [0.15, 0.2) is 0 Å². The predicted molar refractivity (Wildman–Crippen MR) is 59.9 cm³/mol. The SMILES string of the molecule is Cc1cc(F)c(C(N)CCC(=O)O)cc1Cl. The van der Waals surface area contributed by atoms with Crippen LogP contribution in [0.5, 0.6) is 0 Å². The van der Waals surface area contributed by atoms with Crippen LogP contribution in [-0.2, 0) is 4.79 Å². The van der Waals surface area contributed by atoms with E-state index in [9.17, 15) is 9.18 Å². The number of carboxylic acids is 1. The van der Waals surface area contributed by atoms with Crippen LogP contribution in [0.4, 0.5) is 4.39 Å². The Kier molecular flexibility index (Phi) is 4.26. The lowest BCUT2D eigenvalue weighted by molar-refractivity contribution is -0.137. The largest absolute Gasteiger partial charge is 0.481 e. The van der Waals surface area contributed by atoms with Crippen LogP contribution in [0, 0.1) is 12.7 Å².